The molecule has 0 saturated heterocycles. The lowest BCUT2D eigenvalue weighted by Crippen LogP contribution is -2.01. The molecule has 4 heteroatoms. The number of hydrogen-bond donors (Lipinski definition) is 0. The van der Waals surface area contributed by atoms with Gasteiger partial charge < -0.3 is 0 Å². The van der Waals surface area contributed by atoms with E-state index in [0.29, 0.717) is 21.2 Å². The zero-order chi connectivity index (χ0) is 13.1. The molecule has 92 valence electrons. The summed E-state index contributed by atoms with van der Waals surface area (Å²) in [5.74, 6) is -0.0605. The van der Waals surface area contributed by atoms with Gasteiger partial charge >= 0.3 is 0 Å². The first-order valence-corrected chi connectivity index (χ1v) is 7.14. The van der Waals surface area contributed by atoms with Crippen molar-refractivity contribution < 1.29 is 4.79 Å². The van der Waals surface area contributed by atoms with Gasteiger partial charge in [-0.3, -0.25) is 4.79 Å². The Morgan fingerprint density at radius 3 is 2.11 bits per heavy atom. The Kier molecular flexibility index (Phi) is 4.44. The van der Waals surface area contributed by atoms with Crippen LogP contribution in [-0.4, -0.2) is 5.78 Å². The fourth-order valence-corrected chi connectivity index (χ4v) is 2.22. The number of rotatable bonds is 3. The average molecular weight is 344 g/mol. The SMILES string of the molecule is O=C(c1ccc(CBr)cc1)c1ccc(Cl)c(Cl)c1. The van der Waals surface area contributed by atoms with Crippen LogP contribution in [0.15, 0.2) is 42.5 Å². The summed E-state index contributed by atoms with van der Waals surface area (Å²) >= 11 is 15.1. The summed E-state index contributed by atoms with van der Waals surface area (Å²) in [5.41, 5.74) is 2.30. The predicted octanol–water partition coefficient (Wildman–Crippen LogP) is 5.12. The Hall–Kier alpha value is -0.830. The van der Waals surface area contributed by atoms with Crippen molar-refractivity contribution in [2.75, 3.05) is 0 Å². The lowest BCUT2D eigenvalue weighted by Gasteiger charge is -2.04. The Bertz CT molecular complexity index is 579. The van der Waals surface area contributed by atoms with E-state index in [9.17, 15) is 4.79 Å². The maximum Gasteiger partial charge on any atom is 0.193 e. The number of halogens is 3. The summed E-state index contributed by atoms with van der Waals surface area (Å²) in [7, 11) is 0. The lowest BCUT2D eigenvalue weighted by atomic mass is 10.0. The third-order valence-electron chi connectivity index (χ3n) is 2.55. The average Bonchev–Trinajstić information content (AvgIpc) is 2.41. The number of hydrogen-bond acceptors (Lipinski definition) is 1. The molecule has 2 rings (SSSR count). The summed E-state index contributed by atoms with van der Waals surface area (Å²) in [4.78, 5) is 12.2. The maximum atomic E-state index is 12.2. The largest absolute Gasteiger partial charge is 0.289 e. The molecule has 1 nitrogen and oxygen atoms in total. The van der Waals surface area contributed by atoms with E-state index in [-0.39, 0.29) is 5.78 Å². The van der Waals surface area contributed by atoms with Gasteiger partial charge in [-0.1, -0.05) is 63.4 Å². The Balaban J connectivity index is 2.32. The summed E-state index contributed by atoms with van der Waals surface area (Å²) in [6.07, 6.45) is 0. The fourth-order valence-electron chi connectivity index (χ4n) is 1.55. The second kappa shape index (κ2) is 5.87. The van der Waals surface area contributed by atoms with Gasteiger partial charge in [-0.25, -0.2) is 0 Å². The van der Waals surface area contributed by atoms with E-state index in [4.69, 9.17) is 23.2 Å². The van der Waals surface area contributed by atoms with Gasteiger partial charge in [-0.2, -0.15) is 0 Å². The number of carbonyl (C=O) groups excluding carboxylic acids is 1. The number of alkyl halides is 1. The molecule has 0 spiro atoms. The van der Waals surface area contributed by atoms with E-state index in [2.05, 4.69) is 15.9 Å². The van der Waals surface area contributed by atoms with E-state index in [1.54, 1.807) is 30.3 Å². The van der Waals surface area contributed by atoms with Crippen LogP contribution in [0.1, 0.15) is 21.5 Å². The van der Waals surface area contributed by atoms with Crippen molar-refractivity contribution >= 4 is 44.9 Å². The topological polar surface area (TPSA) is 17.1 Å². The Labute approximate surface area is 124 Å². The quantitative estimate of drug-likeness (QED) is 0.558. The number of benzene rings is 2. The van der Waals surface area contributed by atoms with Gasteiger partial charge in [0.05, 0.1) is 10.0 Å². The molecule has 0 aliphatic carbocycles. The smallest absolute Gasteiger partial charge is 0.193 e. The summed E-state index contributed by atoms with van der Waals surface area (Å²) < 4.78 is 0. The van der Waals surface area contributed by atoms with Crippen molar-refractivity contribution in [2.24, 2.45) is 0 Å². The highest BCUT2D eigenvalue weighted by molar-refractivity contribution is 9.08. The molecular formula is C14H9BrCl2O. The highest BCUT2D eigenvalue weighted by Crippen LogP contribution is 2.24. The van der Waals surface area contributed by atoms with Crippen LogP contribution in [0.2, 0.25) is 10.0 Å². The molecular weight excluding hydrogens is 335 g/mol. The van der Waals surface area contributed by atoms with Crippen LogP contribution in [0.3, 0.4) is 0 Å². The first-order chi connectivity index (χ1) is 8.61. The van der Waals surface area contributed by atoms with Crippen LogP contribution in [0.25, 0.3) is 0 Å². The van der Waals surface area contributed by atoms with E-state index in [1.807, 2.05) is 12.1 Å². The molecule has 18 heavy (non-hydrogen) atoms. The van der Waals surface area contributed by atoms with Crippen molar-refractivity contribution in [3.8, 4) is 0 Å². The predicted molar refractivity (Wildman–Crippen MR) is 79.0 cm³/mol. The Morgan fingerprint density at radius 2 is 1.56 bits per heavy atom. The Morgan fingerprint density at radius 1 is 0.944 bits per heavy atom. The molecule has 0 radical (unpaired) electrons. The van der Waals surface area contributed by atoms with Crippen LogP contribution in [0, 0.1) is 0 Å². The standard InChI is InChI=1S/C14H9BrCl2O/c15-8-9-1-3-10(4-2-9)14(18)11-5-6-12(16)13(17)7-11/h1-7H,8H2. The van der Waals surface area contributed by atoms with Crippen LogP contribution >= 0.6 is 39.1 Å². The maximum absolute atomic E-state index is 12.2. The molecule has 0 aliphatic heterocycles. The first-order valence-electron chi connectivity index (χ1n) is 5.26. The molecule has 0 aliphatic rings. The van der Waals surface area contributed by atoms with Gasteiger partial charge in [-0.05, 0) is 23.8 Å². The van der Waals surface area contributed by atoms with E-state index >= 15 is 0 Å². The van der Waals surface area contributed by atoms with Crippen molar-refractivity contribution in [3.05, 3.63) is 69.2 Å². The summed E-state index contributed by atoms with van der Waals surface area (Å²) in [5, 5.41) is 1.61. The van der Waals surface area contributed by atoms with Gasteiger partial charge in [0.1, 0.15) is 0 Å². The van der Waals surface area contributed by atoms with E-state index < -0.39 is 0 Å². The molecule has 0 aromatic heterocycles. The van der Waals surface area contributed by atoms with Gasteiger partial charge in [0, 0.05) is 16.5 Å². The van der Waals surface area contributed by atoms with Crippen molar-refractivity contribution in [1.29, 1.82) is 0 Å². The lowest BCUT2D eigenvalue weighted by molar-refractivity contribution is 0.103. The number of carbonyl (C=O) groups is 1. The van der Waals surface area contributed by atoms with Crippen LogP contribution < -0.4 is 0 Å². The third kappa shape index (κ3) is 2.94. The highest BCUT2D eigenvalue weighted by Gasteiger charge is 2.10. The zero-order valence-corrected chi connectivity index (χ0v) is 12.4. The van der Waals surface area contributed by atoms with E-state index in [0.717, 1.165) is 10.9 Å². The molecule has 0 bridgehead atoms. The first kappa shape index (κ1) is 13.6. The minimum absolute atomic E-state index is 0.0605. The van der Waals surface area contributed by atoms with Gasteiger partial charge in [0.25, 0.3) is 0 Å². The monoisotopic (exact) mass is 342 g/mol. The van der Waals surface area contributed by atoms with Crippen LogP contribution in [-0.2, 0) is 5.33 Å². The molecule has 0 amide bonds. The molecule has 0 saturated carbocycles. The van der Waals surface area contributed by atoms with Gasteiger partial charge in [0.2, 0.25) is 0 Å². The number of ketones is 1. The molecule has 0 fully saturated rings. The fraction of sp³-hybridized carbons (Fsp3) is 0.0714. The van der Waals surface area contributed by atoms with Gasteiger partial charge in [0.15, 0.2) is 5.78 Å². The molecule has 2 aromatic carbocycles. The normalized spacial score (nSPS) is 10.4. The second-order valence-electron chi connectivity index (χ2n) is 3.79. The van der Waals surface area contributed by atoms with Gasteiger partial charge in [-0.15, -0.1) is 0 Å². The molecule has 2 aromatic rings. The van der Waals surface area contributed by atoms with E-state index in [1.165, 1.54) is 0 Å². The molecule has 0 N–H and O–H groups in total. The van der Waals surface area contributed by atoms with Crippen molar-refractivity contribution in [3.63, 3.8) is 0 Å². The van der Waals surface area contributed by atoms with Crippen molar-refractivity contribution in [2.45, 2.75) is 5.33 Å². The van der Waals surface area contributed by atoms with Crippen LogP contribution in [0.5, 0.6) is 0 Å². The zero-order valence-electron chi connectivity index (χ0n) is 9.29. The minimum Gasteiger partial charge on any atom is -0.289 e. The van der Waals surface area contributed by atoms with Crippen molar-refractivity contribution in [1.82, 2.24) is 0 Å². The second-order valence-corrected chi connectivity index (χ2v) is 5.16. The minimum atomic E-state index is -0.0605. The summed E-state index contributed by atoms with van der Waals surface area (Å²) in [6.45, 7) is 0. The molecule has 0 atom stereocenters. The molecule has 0 unspecified atom stereocenters. The molecule has 0 heterocycles. The summed E-state index contributed by atoms with van der Waals surface area (Å²) in [6, 6.07) is 12.3. The van der Waals surface area contributed by atoms with Crippen LogP contribution in [0.4, 0.5) is 0 Å². The highest BCUT2D eigenvalue weighted by atomic mass is 79.9. The third-order valence-corrected chi connectivity index (χ3v) is 3.94.